The van der Waals surface area contributed by atoms with Crippen LogP contribution in [-0.2, 0) is 6.42 Å². The second-order valence-corrected chi connectivity index (χ2v) is 9.63. The molecule has 5 rings (SSSR count). The normalized spacial score (nSPS) is 18.9. The second-order valence-electron chi connectivity index (χ2n) is 8.64. The molecule has 2 aliphatic rings. The Balaban J connectivity index is 1.03. The van der Waals surface area contributed by atoms with E-state index in [1.54, 1.807) is 11.3 Å². The van der Waals surface area contributed by atoms with E-state index in [1.807, 2.05) is 18.2 Å². The molecule has 2 fully saturated rings. The molecule has 7 heteroatoms. The number of rotatable bonds is 8. The lowest BCUT2D eigenvalue weighted by atomic mass is 10.1. The maximum Gasteiger partial charge on any atom is 0.279 e. The average molecular weight is 454 g/mol. The summed E-state index contributed by atoms with van der Waals surface area (Å²) in [6.07, 6.45) is 1.08. The number of benzene rings is 2. The van der Waals surface area contributed by atoms with Gasteiger partial charge >= 0.3 is 0 Å². The smallest absolute Gasteiger partial charge is 0.279 e. The fraction of sp³-hybridized carbons (Fsp3) is 0.480. The van der Waals surface area contributed by atoms with Gasteiger partial charge in [-0.3, -0.25) is 9.80 Å². The van der Waals surface area contributed by atoms with Crippen LogP contribution in [0.3, 0.4) is 0 Å². The number of piperazine rings is 1. The lowest BCUT2D eigenvalue weighted by molar-refractivity contribution is -0.0915. The van der Waals surface area contributed by atoms with Crippen molar-refractivity contribution in [3.63, 3.8) is 0 Å². The average Bonchev–Trinajstić information content (AvgIpc) is 3.26. The Labute approximate surface area is 194 Å². The van der Waals surface area contributed by atoms with Gasteiger partial charge in [-0.15, -0.1) is 0 Å². The first-order chi connectivity index (χ1) is 15.8. The van der Waals surface area contributed by atoms with Crippen molar-refractivity contribution in [1.82, 2.24) is 19.7 Å². The maximum atomic E-state index is 5.97. The van der Waals surface area contributed by atoms with Gasteiger partial charge in [-0.25, -0.2) is 4.98 Å². The molecule has 0 amide bonds. The van der Waals surface area contributed by atoms with Gasteiger partial charge in [0.2, 0.25) is 0 Å². The van der Waals surface area contributed by atoms with Gasteiger partial charge in [0.15, 0.2) is 13.2 Å². The molecular formula is C25H33N4O2S+. The van der Waals surface area contributed by atoms with E-state index in [2.05, 4.69) is 54.8 Å². The van der Waals surface area contributed by atoms with Gasteiger partial charge in [0.25, 0.3) is 5.19 Å². The Kier molecular flexibility index (Phi) is 7.31. The van der Waals surface area contributed by atoms with E-state index in [1.165, 1.54) is 44.8 Å². The highest BCUT2D eigenvalue weighted by atomic mass is 32.1. The van der Waals surface area contributed by atoms with Crippen LogP contribution in [0.4, 0.5) is 0 Å². The summed E-state index contributed by atoms with van der Waals surface area (Å²) >= 11 is 1.59. The third kappa shape index (κ3) is 5.85. The van der Waals surface area contributed by atoms with E-state index in [-0.39, 0.29) is 0 Å². The molecule has 3 heterocycles. The van der Waals surface area contributed by atoms with Gasteiger partial charge in [-0.05, 0) is 36.2 Å². The van der Waals surface area contributed by atoms with Crippen molar-refractivity contribution in [1.29, 1.82) is 0 Å². The predicted octanol–water partition coefficient (Wildman–Crippen LogP) is 3.09. The number of aromatic nitrogens is 1. The van der Waals surface area contributed by atoms with Crippen LogP contribution in [0.2, 0.25) is 0 Å². The lowest BCUT2D eigenvalue weighted by Gasteiger charge is -2.36. The van der Waals surface area contributed by atoms with Crippen molar-refractivity contribution in [2.45, 2.75) is 6.42 Å². The van der Waals surface area contributed by atoms with Crippen LogP contribution in [0.5, 0.6) is 10.9 Å². The first-order valence-corrected chi connectivity index (χ1v) is 12.6. The SMILES string of the molecule is c1ccc2sc(Oc3ccc(CCN4CCN(CCN5CC[OH+]CC5)CC4)cc3)nc2c1. The fourth-order valence-electron chi connectivity index (χ4n) is 4.40. The van der Waals surface area contributed by atoms with Crippen LogP contribution >= 0.6 is 11.3 Å². The molecule has 0 spiro atoms. The van der Waals surface area contributed by atoms with Crippen LogP contribution in [0, 0.1) is 0 Å². The molecule has 1 N–H and O–H groups in total. The molecule has 32 heavy (non-hydrogen) atoms. The van der Waals surface area contributed by atoms with E-state index in [0.29, 0.717) is 5.19 Å². The van der Waals surface area contributed by atoms with Crippen molar-refractivity contribution < 1.29 is 9.47 Å². The van der Waals surface area contributed by atoms with Crippen molar-refractivity contribution in [3.8, 4) is 10.9 Å². The standard InChI is InChI=1S/C25H32N4O2S/c1-2-4-24-23(3-1)26-25(32-24)31-22-7-5-21(6-8-22)9-10-27-11-13-28(14-12-27)15-16-29-17-19-30-20-18-29/h1-8H,9-20H2/p+1. The number of aliphatic hydroxyl groups is 2. The van der Waals surface area contributed by atoms with Gasteiger partial charge in [-0.2, -0.15) is 0 Å². The van der Waals surface area contributed by atoms with E-state index < -0.39 is 0 Å². The van der Waals surface area contributed by atoms with Crippen LogP contribution in [0.25, 0.3) is 10.2 Å². The van der Waals surface area contributed by atoms with Gasteiger partial charge in [0.05, 0.1) is 23.3 Å². The minimum absolute atomic E-state index is 0.701. The lowest BCUT2D eigenvalue weighted by Crippen LogP contribution is -2.49. The predicted molar refractivity (Wildman–Crippen MR) is 131 cm³/mol. The van der Waals surface area contributed by atoms with E-state index in [9.17, 15) is 0 Å². The number of fused-ring (bicyclic) bond motifs is 1. The summed E-state index contributed by atoms with van der Waals surface area (Å²) in [6.45, 7) is 12.6. The highest BCUT2D eigenvalue weighted by Gasteiger charge is 2.19. The van der Waals surface area contributed by atoms with E-state index in [0.717, 1.165) is 55.2 Å². The summed E-state index contributed by atoms with van der Waals surface area (Å²) in [5, 5.41) is 0.701. The molecule has 2 aromatic carbocycles. The number of hydrogen-bond acceptors (Lipinski definition) is 6. The minimum atomic E-state index is 0.701. The van der Waals surface area contributed by atoms with Crippen LogP contribution in [-0.4, -0.2) is 96.5 Å². The molecule has 170 valence electrons. The Bertz CT molecular complexity index is 946. The highest BCUT2D eigenvalue weighted by molar-refractivity contribution is 7.20. The van der Waals surface area contributed by atoms with Gasteiger partial charge in [0, 0.05) is 45.8 Å². The van der Waals surface area contributed by atoms with Crippen molar-refractivity contribution in [3.05, 3.63) is 54.1 Å². The maximum absolute atomic E-state index is 5.97. The highest BCUT2D eigenvalue weighted by Crippen LogP contribution is 2.31. The number of ether oxygens (including phenoxy) is 2. The molecule has 6 nitrogen and oxygen atoms in total. The summed E-state index contributed by atoms with van der Waals surface area (Å²) < 4.78 is 11.6. The number of thiazole rings is 1. The quantitative estimate of drug-likeness (QED) is 0.491. The van der Waals surface area contributed by atoms with Gasteiger partial charge in [0.1, 0.15) is 5.75 Å². The number of morpholine rings is 1. The fourth-order valence-corrected chi connectivity index (χ4v) is 5.23. The summed E-state index contributed by atoms with van der Waals surface area (Å²) in [5.41, 5.74) is 2.35. The Morgan fingerprint density at radius 2 is 1.44 bits per heavy atom. The van der Waals surface area contributed by atoms with Crippen molar-refractivity contribution >= 4 is 21.6 Å². The van der Waals surface area contributed by atoms with Crippen molar-refractivity contribution in [2.75, 3.05) is 72.1 Å². The van der Waals surface area contributed by atoms with E-state index in [4.69, 9.17) is 4.74 Å². The third-order valence-electron chi connectivity index (χ3n) is 6.47. The number of para-hydroxylation sites is 1. The summed E-state index contributed by atoms with van der Waals surface area (Å²) in [5.74, 6) is 0.851. The topological polar surface area (TPSA) is 44.6 Å². The second kappa shape index (κ2) is 10.7. The van der Waals surface area contributed by atoms with E-state index >= 15 is 0 Å². The Morgan fingerprint density at radius 3 is 2.16 bits per heavy atom. The molecular weight excluding hydrogens is 420 g/mol. The van der Waals surface area contributed by atoms with Gasteiger partial charge < -0.3 is 14.4 Å². The summed E-state index contributed by atoms with van der Waals surface area (Å²) in [6, 6.07) is 16.6. The zero-order valence-corrected chi connectivity index (χ0v) is 19.5. The molecule has 0 saturated carbocycles. The monoisotopic (exact) mass is 453 g/mol. The zero-order valence-electron chi connectivity index (χ0n) is 18.7. The number of hydrogen-bond donors (Lipinski definition) is 0. The first kappa shape index (κ1) is 21.8. The van der Waals surface area contributed by atoms with Gasteiger partial charge in [-0.1, -0.05) is 35.6 Å². The Hall–Kier alpha value is -2.03. The summed E-state index contributed by atoms with van der Waals surface area (Å²) in [4.78, 5) is 12.3. The molecule has 0 radical (unpaired) electrons. The zero-order chi connectivity index (χ0) is 21.6. The minimum Gasteiger partial charge on any atom is -0.432 e. The molecule has 2 saturated heterocycles. The molecule has 0 unspecified atom stereocenters. The van der Waals surface area contributed by atoms with Crippen LogP contribution in [0.1, 0.15) is 5.56 Å². The van der Waals surface area contributed by atoms with Crippen LogP contribution < -0.4 is 4.74 Å². The molecule has 0 bridgehead atoms. The number of nitrogens with zero attached hydrogens (tertiary/aromatic N) is 4. The largest absolute Gasteiger partial charge is 0.432 e. The Morgan fingerprint density at radius 1 is 0.781 bits per heavy atom. The molecule has 0 aliphatic carbocycles. The van der Waals surface area contributed by atoms with Crippen molar-refractivity contribution in [2.24, 2.45) is 0 Å². The summed E-state index contributed by atoms with van der Waals surface area (Å²) in [7, 11) is 0. The molecule has 3 aromatic rings. The third-order valence-corrected chi connectivity index (χ3v) is 7.38. The first-order valence-electron chi connectivity index (χ1n) is 11.7. The molecule has 2 aliphatic heterocycles. The molecule has 0 atom stereocenters. The molecule has 1 aromatic heterocycles. The van der Waals surface area contributed by atoms with Crippen LogP contribution in [0.15, 0.2) is 48.5 Å².